The monoisotopic (exact) mass is 442 g/mol. The van der Waals surface area contributed by atoms with Crippen molar-refractivity contribution >= 4 is 22.5 Å². The highest BCUT2D eigenvalue weighted by Gasteiger charge is 2.09. The van der Waals surface area contributed by atoms with Crippen LogP contribution in [0.5, 0.6) is 0 Å². The molecule has 2 heterocycles. The van der Waals surface area contributed by atoms with Crippen LogP contribution < -0.4 is 11.5 Å². The number of nitriles is 2. The zero-order valence-corrected chi connectivity index (χ0v) is 18.3. The highest BCUT2D eigenvalue weighted by molar-refractivity contribution is 5.95. The molecule has 4 N–H and O–H groups in total. The number of hydrogen-bond acceptors (Lipinski definition) is 6. The molecule has 6 nitrogen and oxygen atoms in total. The molecule has 0 bridgehead atoms. The maximum absolute atomic E-state index is 9.18. The highest BCUT2D eigenvalue weighted by atomic mass is 14.7. The van der Waals surface area contributed by atoms with E-state index < -0.39 is 0 Å². The van der Waals surface area contributed by atoms with Crippen LogP contribution in [0.4, 0.5) is 0 Å². The van der Waals surface area contributed by atoms with E-state index in [4.69, 9.17) is 11.5 Å². The van der Waals surface area contributed by atoms with Gasteiger partial charge in [0.25, 0.3) is 0 Å². The number of benzene rings is 2. The van der Waals surface area contributed by atoms with Gasteiger partial charge in [0.05, 0.1) is 22.8 Å². The number of pyridine rings is 2. The van der Waals surface area contributed by atoms with Crippen LogP contribution in [0, 0.1) is 22.7 Å². The van der Waals surface area contributed by atoms with Crippen LogP contribution in [-0.2, 0) is 0 Å². The van der Waals surface area contributed by atoms with Gasteiger partial charge >= 0.3 is 0 Å². The molecule has 0 saturated heterocycles. The van der Waals surface area contributed by atoms with E-state index in [1.807, 2.05) is 72.8 Å². The molecule has 0 aliphatic rings. The molecule has 0 radical (unpaired) electrons. The van der Waals surface area contributed by atoms with Crippen LogP contribution >= 0.6 is 0 Å². The van der Waals surface area contributed by atoms with Crippen LogP contribution in [0.2, 0.25) is 0 Å². The Kier molecular flexibility index (Phi) is 8.28. The molecule has 6 heteroatoms. The summed E-state index contributed by atoms with van der Waals surface area (Å²) in [6.45, 7) is 0. The summed E-state index contributed by atoms with van der Waals surface area (Å²) in [5.74, 6) is 0. The van der Waals surface area contributed by atoms with Gasteiger partial charge in [-0.3, -0.25) is 9.97 Å². The van der Waals surface area contributed by atoms with Crippen molar-refractivity contribution in [2.75, 3.05) is 0 Å². The van der Waals surface area contributed by atoms with E-state index in [9.17, 15) is 10.5 Å². The Labute approximate surface area is 198 Å². The summed E-state index contributed by atoms with van der Waals surface area (Å²) in [5, 5.41) is 18.4. The van der Waals surface area contributed by atoms with Gasteiger partial charge in [-0.05, 0) is 35.4 Å². The van der Waals surface area contributed by atoms with Crippen molar-refractivity contribution in [3.63, 3.8) is 0 Å². The molecular weight excluding hydrogens is 420 g/mol. The van der Waals surface area contributed by atoms with Gasteiger partial charge in [0.15, 0.2) is 0 Å². The van der Waals surface area contributed by atoms with Crippen molar-refractivity contribution in [3.05, 3.63) is 132 Å². The number of rotatable bonds is 4. The van der Waals surface area contributed by atoms with E-state index in [0.29, 0.717) is 33.9 Å². The molecule has 0 fully saturated rings. The lowest BCUT2D eigenvalue weighted by atomic mass is 10.0. The second-order valence-corrected chi connectivity index (χ2v) is 6.96. The van der Waals surface area contributed by atoms with Gasteiger partial charge in [-0.2, -0.15) is 10.5 Å². The Bertz CT molecular complexity index is 1240. The topological polar surface area (TPSA) is 125 Å². The zero-order valence-electron chi connectivity index (χ0n) is 18.3. The Morgan fingerprint density at radius 1 is 0.529 bits per heavy atom. The normalized spacial score (nSPS) is 11.5. The first-order chi connectivity index (χ1) is 16.7. The number of nitrogens with two attached hydrogens (primary N) is 2. The van der Waals surface area contributed by atoms with Crippen molar-refractivity contribution in [3.8, 4) is 12.1 Å². The van der Waals surface area contributed by atoms with Crippen molar-refractivity contribution in [1.29, 1.82) is 10.5 Å². The van der Waals surface area contributed by atoms with Gasteiger partial charge in [-0.25, -0.2) is 0 Å². The lowest BCUT2D eigenvalue weighted by Crippen LogP contribution is -2.01. The fraction of sp³-hybridized carbons (Fsp3) is 0. The fourth-order valence-corrected chi connectivity index (χ4v) is 3.06. The smallest absolute Gasteiger partial charge is 0.104 e. The lowest BCUT2D eigenvalue weighted by Gasteiger charge is -2.05. The Morgan fingerprint density at radius 2 is 0.882 bits per heavy atom. The Hall–Kier alpha value is -5.20. The van der Waals surface area contributed by atoms with Crippen LogP contribution in [-0.4, -0.2) is 9.97 Å². The number of hydrogen-bond donors (Lipinski definition) is 2. The van der Waals surface area contributed by atoms with Crippen molar-refractivity contribution < 1.29 is 0 Å². The van der Waals surface area contributed by atoms with E-state index in [2.05, 4.69) is 22.1 Å². The third kappa shape index (κ3) is 5.94. The van der Waals surface area contributed by atoms with E-state index in [0.717, 1.165) is 11.1 Å². The molecule has 0 amide bonds. The minimum atomic E-state index is 0.400. The van der Waals surface area contributed by atoms with E-state index >= 15 is 0 Å². The molecule has 0 atom stereocenters. The summed E-state index contributed by atoms with van der Waals surface area (Å²) in [4.78, 5) is 8.27. The summed E-state index contributed by atoms with van der Waals surface area (Å²) in [6, 6.07) is 33.9. The second-order valence-electron chi connectivity index (χ2n) is 6.96. The SMILES string of the molecule is N#C/C(=C(/N)c1ccccc1)c1ccccn1.N#C/C(=C(/N)c1ccccc1)c1ccccn1. The largest absolute Gasteiger partial charge is 0.397 e. The first kappa shape index (κ1) is 23.5. The summed E-state index contributed by atoms with van der Waals surface area (Å²) in [5.41, 5.74) is 16.5. The molecule has 0 aliphatic carbocycles. The van der Waals surface area contributed by atoms with E-state index in [1.165, 1.54) is 0 Å². The predicted molar refractivity (Wildman–Crippen MR) is 135 cm³/mol. The number of nitrogens with zero attached hydrogens (tertiary/aromatic N) is 4. The minimum Gasteiger partial charge on any atom is -0.397 e. The van der Waals surface area contributed by atoms with Gasteiger partial charge in [0.2, 0.25) is 0 Å². The maximum Gasteiger partial charge on any atom is 0.104 e. The average Bonchev–Trinajstić information content (AvgIpc) is 2.92. The van der Waals surface area contributed by atoms with Gasteiger partial charge in [-0.1, -0.05) is 72.8 Å². The van der Waals surface area contributed by atoms with Crippen LogP contribution in [0.1, 0.15) is 22.5 Å². The summed E-state index contributed by atoms with van der Waals surface area (Å²) in [6.07, 6.45) is 3.29. The van der Waals surface area contributed by atoms with Crippen molar-refractivity contribution in [2.24, 2.45) is 11.5 Å². The van der Waals surface area contributed by atoms with Crippen molar-refractivity contribution in [1.82, 2.24) is 9.97 Å². The molecule has 34 heavy (non-hydrogen) atoms. The predicted octanol–water partition coefficient (Wildman–Crippen LogP) is 4.86. The molecule has 0 unspecified atom stereocenters. The quantitative estimate of drug-likeness (QED) is 0.435. The Morgan fingerprint density at radius 3 is 1.18 bits per heavy atom. The molecule has 0 saturated carbocycles. The zero-order chi connectivity index (χ0) is 24.2. The lowest BCUT2D eigenvalue weighted by molar-refractivity contribution is 1.28. The first-order valence-corrected chi connectivity index (χ1v) is 10.4. The maximum atomic E-state index is 9.18. The van der Waals surface area contributed by atoms with Crippen LogP contribution in [0.25, 0.3) is 22.5 Å². The molecule has 0 spiro atoms. The fourth-order valence-electron chi connectivity index (χ4n) is 3.06. The molecule has 0 aliphatic heterocycles. The second kappa shape index (κ2) is 12.0. The number of aromatic nitrogens is 2. The van der Waals surface area contributed by atoms with Gasteiger partial charge < -0.3 is 11.5 Å². The molecule has 4 aromatic rings. The summed E-state index contributed by atoms with van der Waals surface area (Å²) in [7, 11) is 0. The van der Waals surface area contributed by atoms with E-state index in [1.54, 1.807) is 36.7 Å². The standard InChI is InChI=1S/2C14H11N3/c2*15-10-12(13-8-4-5-9-17-13)14(16)11-6-2-1-3-7-11/h2*1-9H,16H2/b2*14-12-. The first-order valence-electron chi connectivity index (χ1n) is 10.4. The molecule has 4 rings (SSSR count). The summed E-state index contributed by atoms with van der Waals surface area (Å²) >= 11 is 0. The molecular formula is C28H22N6. The highest BCUT2D eigenvalue weighted by Crippen LogP contribution is 2.21. The summed E-state index contributed by atoms with van der Waals surface area (Å²) < 4.78 is 0. The van der Waals surface area contributed by atoms with Gasteiger partial charge in [0.1, 0.15) is 23.3 Å². The minimum absolute atomic E-state index is 0.400. The van der Waals surface area contributed by atoms with Crippen LogP contribution in [0.3, 0.4) is 0 Å². The van der Waals surface area contributed by atoms with Gasteiger partial charge in [0, 0.05) is 12.4 Å². The van der Waals surface area contributed by atoms with Crippen molar-refractivity contribution in [2.45, 2.75) is 0 Å². The Balaban J connectivity index is 0.000000191. The number of allylic oxidation sites excluding steroid dienone is 2. The van der Waals surface area contributed by atoms with Gasteiger partial charge in [-0.15, -0.1) is 0 Å². The van der Waals surface area contributed by atoms with Crippen LogP contribution in [0.15, 0.2) is 109 Å². The van der Waals surface area contributed by atoms with E-state index in [-0.39, 0.29) is 0 Å². The molecule has 2 aromatic heterocycles. The third-order valence-electron chi connectivity index (χ3n) is 4.77. The average molecular weight is 443 g/mol. The third-order valence-corrected chi connectivity index (χ3v) is 4.77. The molecule has 164 valence electrons. The molecule has 2 aromatic carbocycles.